The van der Waals surface area contributed by atoms with E-state index in [1.165, 1.54) is 21.8 Å². The molecule has 0 radical (unpaired) electrons. The number of hydrogen-bond acceptors (Lipinski definition) is 0. The van der Waals surface area contributed by atoms with E-state index in [1.807, 2.05) is 0 Å². The van der Waals surface area contributed by atoms with Gasteiger partial charge in [0.15, 0.2) is 0 Å². The highest BCUT2D eigenvalue weighted by Crippen LogP contribution is 2.03. The van der Waals surface area contributed by atoms with Gasteiger partial charge in [-0.15, -0.1) is 0 Å². The second-order valence-electron chi connectivity index (χ2n) is 3.38. The Labute approximate surface area is 80.2 Å². The van der Waals surface area contributed by atoms with Crippen molar-refractivity contribution in [3.05, 3.63) is 22.3 Å². The van der Waals surface area contributed by atoms with Gasteiger partial charge in [0.25, 0.3) is 0 Å². The van der Waals surface area contributed by atoms with E-state index in [-0.39, 0.29) is 0 Å². The molecule has 0 saturated carbocycles. The zero-order chi connectivity index (χ0) is 9.84. The van der Waals surface area contributed by atoms with Crippen LogP contribution in [0.4, 0.5) is 0 Å². The summed E-state index contributed by atoms with van der Waals surface area (Å²) in [5.41, 5.74) is 2.79. The van der Waals surface area contributed by atoms with Gasteiger partial charge >= 0.3 is 0 Å². The molecule has 13 heavy (non-hydrogen) atoms. The molecule has 1 heteroatoms. The molecule has 0 fully saturated rings. The molecule has 1 nitrogen and oxygen atoms in total. The largest absolute Gasteiger partial charge is 0.359 e. The lowest BCUT2D eigenvalue weighted by Gasteiger charge is -1.96. The van der Waals surface area contributed by atoms with E-state index in [0.29, 0.717) is 0 Å². The fraction of sp³-hybridized carbons (Fsp3) is 0.500. The number of aromatic amines is 1. The van der Waals surface area contributed by atoms with Crippen LogP contribution in [-0.4, -0.2) is 4.98 Å². The van der Waals surface area contributed by atoms with Crippen LogP contribution < -0.4 is 10.6 Å². The normalized spacial score (nSPS) is 12.2. The van der Waals surface area contributed by atoms with E-state index in [1.54, 1.807) is 0 Å². The molecule has 0 aliphatic carbocycles. The Balaban J connectivity index is 3.51. The number of rotatable bonds is 2. The second-order valence-corrected chi connectivity index (χ2v) is 3.38. The number of H-pyrrole nitrogens is 1. The van der Waals surface area contributed by atoms with Gasteiger partial charge in [0, 0.05) is 11.0 Å². The molecule has 1 heterocycles. The van der Waals surface area contributed by atoms with Crippen LogP contribution in [0.5, 0.6) is 0 Å². The van der Waals surface area contributed by atoms with E-state index >= 15 is 0 Å². The molecule has 72 valence electrons. The van der Waals surface area contributed by atoms with Gasteiger partial charge in [-0.1, -0.05) is 25.5 Å². The zero-order valence-corrected chi connectivity index (χ0v) is 9.07. The Morgan fingerprint density at radius 2 is 2.00 bits per heavy atom. The molecule has 0 unspecified atom stereocenters. The van der Waals surface area contributed by atoms with Crippen LogP contribution in [-0.2, 0) is 0 Å². The number of aromatic nitrogens is 1. The average molecular weight is 177 g/mol. The van der Waals surface area contributed by atoms with Crippen molar-refractivity contribution in [1.82, 2.24) is 4.98 Å². The Morgan fingerprint density at radius 3 is 2.46 bits per heavy atom. The fourth-order valence-corrected chi connectivity index (χ4v) is 1.76. The summed E-state index contributed by atoms with van der Waals surface area (Å²) in [6.07, 6.45) is 4.44. The minimum atomic E-state index is 1.15. The van der Waals surface area contributed by atoms with Crippen molar-refractivity contribution in [2.24, 2.45) is 0 Å². The molecule has 1 aromatic heterocycles. The van der Waals surface area contributed by atoms with Crippen molar-refractivity contribution in [1.29, 1.82) is 0 Å². The van der Waals surface area contributed by atoms with Crippen molar-refractivity contribution in [2.45, 2.75) is 40.5 Å². The van der Waals surface area contributed by atoms with Gasteiger partial charge in [-0.3, -0.25) is 0 Å². The molecule has 0 saturated heterocycles. The third kappa shape index (κ3) is 2.03. The Morgan fingerprint density at radius 1 is 1.38 bits per heavy atom. The Hall–Kier alpha value is -0.980. The molecule has 0 aromatic carbocycles. The molecule has 0 aliphatic heterocycles. The van der Waals surface area contributed by atoms with Crippen LogP contribution in [0.15, 0.2) is 6.07 Å². The molecule has 1 rings (SSSR count). The number of nitrogens with one attached hydrogen (secondary N) is 1. The lowest BCUT2D eigenvalue weighted by atomic mass is 10.1. The lowest BCUT2D eigenvalue weighted by Crippen LogP contribution is -2.24. The van der Waals surface area contributed by atoms with Crippen molar-refractivity contribution in [2.75, 3.05) is 0 Å². The molecular weight excluding hydrogens is 158 g/mol. The molecule has 1 N–H and O–H groups in total. The topological polar surface area (TPSA) is 15.8 Å². The SMILES string of the molecule is C/C=c1/[nH]c(C)cc1=C(CC)CC. The maximum absolute atomic E-state index is 3.37. The van der Waals surface area contributed by atoms with Gasteiger partial charge < -0.3 is 4.98 Å². The van der Waals surface area contributed by atoms with Gasteiger partial charge in [0.2, 0.25) is 0 Å². The first-order valence-electron chi connectivity index (χ1n) is 5.06. The van der Waals surface area contributed by atoms with E-state index < -0.39 is 0 Å². The molecule has 1 aromatic rings. The molecule has 0 atom stereocenters. The van der Waals surface area contributed by atoms with E-state index in [4.69, 9.17) is 0 Å². The van der Waals surface area contributed by atoms with Crippen molar-refractivity contribution < 1.29 is 0 Å². The zero-order valence-electron chi connectivity index (χ0n) is 9.07. The number of hydrogen-bond donors (Lipinski definition) is 1. The number of aryl methyl sites for hydroxylation is 1. The summed E-state index contributed by atoms with van der Waals surface area (Å²) in [4.78, 5) is 3.37. The van der Waals surface area contributed by atoms with Gasteiger partial charge in [-0.25, -0.2) is 0 Å². The predicted molar refractivity (Wildman–Crippen MR) is 58.9 cm³/mol. The maximum atomic E-state index is 3.37. The van der Waals surface area contributed by atoms with E-state index in [0.717, 1.165) is 12.8 Å². The second kappa shape index (κ2) is 4.31. The summed E-state index contributed by atoms with van der Waals surface area (Å²) >= 11 is 0. The first-order valence-corrected chi connectivity index (χ1v) is 5.06. The van der Waals surface area contributed by atoms with Crippen LogP contribution in [0.1, 0.15) is 39.3 Å². The predicted octanol–water partition coefficient (Wildman–Crippen LogP) is 2.09. The van der Waals surface area contributed by atoms with Crippen molar-refractivity contribution in [3.8, 4) is 0 Å². The van der Waals surface area contributed by atoms with Crippen molar-refractivity contribution >= 4 is 11.6 Å². The first-order chi connectivity index (χ1) is 6.22. The summed E-state index contributed by atoms with van der Waals surface area (Å²) in [7, 11) is 0. The van der Waals surface area contributed by atoms with Crippen molar-refractivity contribution in [3.63, 3.8) is 0 Å². The fourth-order valence-electron chi connectivity index (χ4n) is 1.76. The first kappa shape index (κ1) is 10.1. The molecular formula is C12H19N. The van der Waals surface area contributed by atoms with E-state index in [9.17, 15) is 0 Å². The minimum Gasteiger partial charge on any atom is -0.359 e. The van der Waals surface area contributed by atoms with Gasteiger partial charge in [0.05, 0.1) is 0 Å². The summed E-state index contributed by atoms with van der Waals surface area (Å²) in [5.74, 6) is 0. The summed E-state index contributed by atoms with van der Waals surface area (Å²) in [6.45, 7) is 8.64. The molecule has 0 spiro atoms. The Kier molecular flexibility index (Phi) is 3.35. The summed E-state index contributed by atoms with van der Waals surface area (Å²) in [6, 6.07) is 2.25. The summed E-state index contributed by atoms with van der Waals surface area (Å²) in [5, 5.41) is 2.68. The van der Waals surface area contributed by atoms with Crippen LogP contribution in [0.3, 0.4) is 0 Å². The van der Waals surface area contributed by atoms with Gasteiger partial charge in [-0.2, -0.15) is 0 Å². The molecule has 0 bridgehead atoms. The van der Waals surface area contributed by atoms with Gasteiger partial charge in [-0.05, 0) is 38.0 Å². The Bertz CT molecular complexity index is 376. The highest BCUT2D eigenvalue weighted by atomic mass is 14.7. The van der Waals surface area contributed by atoms with Crippen LogP contribution in [0.2, 0.25) is 0 Å². The maximum Gasteiger partial charge on any atom is 0.0412 e. The summed E-state index contributed by atoms with van der Waals surface area (Å²) < 4.78 is 0. The third-order valence-electron chi connectivity index (χ3n) is 2.51. The smallest absolute Gasteiger partial charge is 0.0412 e. The average Bonchev–Trinajstić information content (AvgIpc) is 2.49. The standard InChI is InChI=1S/C12H19N/c1-5-10(6-2)11-8-9(4)13-12(11)7-3/h7-8,13H,5-6H2,1-4H3/b12-7+. The minimum absolute atomic E-state index is 1.15. The molecule has 0 aliphatic rings. The monoisotopic (exact) mass is 177 g/mol. The van der Waals surface area contributed by atoms with E-state index in [2.05, 4.69) is 44.8 Å². The highest BCUT2D eigenvalue weighted by Gasteiger charge is 1.96. The van der Waals surface area contributed by atoms with Crippen LogP contribution >= 0.6 is 0 Å². The molecule has 0 amide bonds. The highest BCUT2D eigenvalue weighted by molar-refractivity contribution is 5.45. The third-order valence-corrected chi connectivity index (χ3v) is 2.51. The quantitative estimate of drug-likeness (QED) is 0.712. The van der Waals surface area contributed by atoms with Crippen LogP contribution in [0.25, 0.3) is 11.6 Å². The lowest BCUT2D eigenvalue weighted by molar-refractivity contribution is 1.09. The van der Waals surface area contributed by atoms with Gasteiger partial charge in [0.1, 0.15) is 0 Å². The van der Waals surface area contributed by atoms with Crippen LogP contribution in [0, 0.1) is 6.92 Å².